The molecule has 0 atom stereocenters. The van der Waals surface area contributed by atoms with E-state index in [2.05, 4.69) is 15.4 Å². The third kappa shape index (κ3) is 5.90. The lowest BCUT2D eigenvalue weighted by Gasteiger charge is -2.08. The number of anilines is 1. The number of rotatable bonds is 8. The van der Waals surface area contributed by atoms with Crippen LogP contribution in [0.2, 0.25) is 0 Å². The maximum Gasteiger partial charge on any atom is 0.248 e. The molecule has 0 radical (unpaired) electrons. The van der Waals surface area contributed by atoms with Gasteiger partial charge in [-0.1, -0.05) is 30.3 Å². The number of nitrogens with zero attached hydrogens (tertiary/aromatic N) is 3. The van der Waals surface area contributed by atoms with E-state index < -0.39 is 0 Å². The van der Waals surface area contributed by atoms with Crippen LogP contribution in [0.3, 0.4) is 0 Å². The summed E-state index contributed by atoms with van der Waals surface area (Å²) in [5.74, 6) is 0.505. The van der Waals surface area contributed by atoms with Crippen molar-refractivity contribution in [1.29, 1.82) is 0 Å². The maximum atomic E-state index is 12.4. The average molecular weight is 431 g/mol. The zero-order chi connectivity index (χ0) is 21.5. The van der Waals surface area contributed by atoms with Gasteiger partial charge in [-0.3, -0.25) is 9.48 Å². The predicted molar refractivity (Wildman–Crippen MR) is 123 cm³/mol. The van der Waals surface area contributed by atoms with Crippen molar-refractivity contribution in [2.45, 2.75) is 20.1 Å². The van der Waals surface area contributed by atoms with Crippen molar-refractivity contribution in [1.82, 2.24) is 14.8 Å². The molecule has 156 valence electrons. The molecule has 0 fully saturated rings. The lowest BCUT2D eigenvalue weighted by Crippen LogP contribution is -2.08. The summed E-state index contributed by atoms with van der Waals surface area (Å²) in [5, 5.41) is 10.1. The fourth-order valence-corrected chi connectivity index (χ4v) is 3.60. The van der Waals surface area contributed by atoms with E-state index in [1.54, 1.807) is 23.6 Å². The Morgan fingerprint density at radius 1 is 1.16 bits per heavy atom. The Hall–Kier alpha value is -3.71. The Labute approximate surface area is 184 Å². The van der Waals surface area contributed by atoms with Gasteiger partial charge in [0.25, 0.3) is 0 Å². The highest BCUT2D eigenvalue weighted by atomic mass is 32.1. The van der Waals surface area contributed by atoms with Gasteiger partial charge in [-0.05, 0) is 42.8 Å². The Bertz CT molecular complexity index is 1160. The summed E-state index contributed by atoms with van der Waals surface area (Å²) in [5.41, 5.74) is 3.58. The summed E-state index contributed by atoms with van der Waals surface area (Å²) in [6, 6.07) is 17.2. The van der Waals surface area contributed by atoms with Crippen molar-refractivity contribution in [3.8, 4) is 5.75 Å². The molecular weight excluding hydrogens is 408 g/mol. The van der Waals surface area contributed by atoms with Crippen LogP contribution in [0.1, 0.15) is 21.8 Å². The number of benzene rings is 2. The second-order valence-corrected chi connectivity index (χ2v) is 7.97. The fourth-order valence-electron chi connectivity index (χ4n) is 3.00. The molecular formula is C24H22N4O2S. The molecule has 2 heterocycles. The van der Waals surface area contributed by atoms with E-state index in [4.69, 9.17) is 4.74 Å². The van der Waals surface area contributed by atoms with E-state index in [9.17, 15) is 4.79 Å². The second kappa shape index (κ2) is 9.86. The molecule has 4 rings (SSSR count). The zero-order valence-electron chi connectivity index (χ0n) is 17.1. The van der Waals surface area contributed by atoms with Gasteiger partial charge in [0.15, 0.2) is 0 Å². The van der Waals surface area contributed by atoms with E-state index in [1.165, 1.54) is 6.08 Å². The van der Waals surface area contributed by atoms with Crippen molar-refractivity contribution in [2.75, 3.05) is 5.32 Å². The summed E-state index contributed by atoms with van der Waals surface area (Å²) in [6.07, 6.45) is 6.93. The van der Waals surface area contributed by atoms with Gasteiger partial charge in [-0.2, -0.15) is 5.10 Å². The van der Waals surface area contributed by atoms with Crippen molar-refractivity contribution in [3.63, 3.8) is 0 Å². The SMILES string of the molecule is Cc1nc(COc2ccccc2/C=C/C(=O)Nc2ccc(Cn3cccn3)cc2)cs1. The van der Waals surface area contributed by atoms with E-state index in [0.29, 0.717) is 18.9 Å². The first-order chi connectivity index (χ1) is 15.2. The van der Waals surface area contributed by atoms with Gasteiger partial charge in [-0.15, -0.1) is 11.3 Å². The van der Waals surface area contributed by atoms with E-state index >= 15 is 0 Å². The quantitative estimate of drug-likeness (QED) is 0.403. The van der Waals surface area contributed by atoms with Gasteiger partial charge in [0.1, 0.15) is 12.4 Å². The number of nitrogens with one attached hydrogen (secondary N) is 1. The van der Waals surface area contributed by atoms with Crippen LogP contribution < -0.4 is 10.1 Å². The molecule has 0 saturated carbocycles. The Balaban J connectivity index is 1.34. The molecule has 0 bridgehead atoms. The van der Waals surface area contributed by atoms with Crippen LogP contribution in [0, 0.1) is 6.92 Å². The minimum absolute atomic E-state index is 0.204. The standard InChI is InChI=1S/C24H22N4O2S/c1-18-26-22(17-31-18)16-30-23-6-3-2-5-20(23)9-12-24(29)27-21-10-7-19(8-11-21)15-28-14-4-13-25-28/h2-14,17H,15-16H2,1H3,(H,27,29)/b12-9+. The number of hydrogen-bond donors (Lipinski definition) is 1. The number of aryl methyl sites for hydroxylation is 1. The number of carbonyl (C=O) groups excluding carboxylic acids is 1. The van der Waals surface area contributed by atoms with Gasteiger partial charge in [0.05, 0.1) is 17.2 Å². The monoisotopic (exact) mass is 430 g/mol. The van der Waals surface area contributed by atoms with Gasteiger partial charge < -0.3 is 10.1 Å². The van der Waals surface area contributed by atoms with Crippen molar-refractivity contribution in [2.24, 2.45) is 0 Å². The van der Waals surface area contributed by atoms with Crippen LogP contribution in [0.15, 0.2) is 78.4 Å². The number of thiazole rings is 1. The summed E-state index contributed by atoms with van der Waals surface area (Å²) in [4.78, 5) is 16.8. The molecule has 0 aliphatic rings. The molecule has 0 aliphatic heterocycles. The first-order valence-electron chi connectivity index (χ1n) is 9.84. The summed E-state index contributed by atoms with van der Waals surface area (Å²) >= 11 is 1.60. The molecule has 2 aromatic carbocycles. The number of hydrogen-bond acceptors (Lipinski definition) is 5. The molecule has 0 spiro atoms. The van der Waals surface area contributed by atoms with Crippen LogP contribution in [0.5, 0.6) is 5.75 Å². The highest BCUT2D eigenvalue weighted by Crippen LogP contribution is 2.21. The Kier molecular flexibility index (Phi) is 6.54. The van der Waals surface area contributed by atoms with Crippen LogP contribution in [0.25, 0.3) is 6.08 Å². The maximum absolute atomic E-state index is 12.4. The highest BCUT2D eigenvalue weighted by molar-refractivity contribution is 7.09. The average Bonchev–Trinajstić information content (AvgIpc) is 3.44. The first-order valence-corrected chi connectivity index (χ1v) is 10.7. The lowest BCUT2D eigenvalue weighted by atomic mass is 10.2. The minimum atomic E-state index is -0.204. The molecule has 0 saturated heterocycles. The van der Waals surface area contributed by atoms with Gasteiger partial charge in [0, 0.05) is 35.1 Å². The second-order valence-electron chi connectivity index (χ2n) is 6.91. The smallest absolute Gasteiger partial charge is 0.248 e. The molecule has 1 N–H and O–H groups in total. The number of ether oxygens (including phenoxy) is 1. The van der Waals surface area contributed by atoms with Gasteiger partial charge in [-0.25, -0.2) is 4.98 Å². The molecule has 0 aliphatic carbocycles. The van der Waals surface area contributed by atoms with E-state index in [-0.39, 0.29) is 5.91 Å². The molecule has 1 amide bonds. The van der Waals surface area contributed by atoms with E-state index in [0.717, 1.165) is 27.5 Å². The van der Waals surface area contributed by atoms with Crippen molar-refractivity contribution >= 4 is 29.0 Å². The third-order valence-corrected chi connectivity index (χ3v) is 5.32. The Morgan fingerprint density at radius 2 is 2.00 bits per heavy atom. The van der Waals surface area contributed by atoms with Crippen LogP contribution >= 0.6 is 11.3 Å². The summed E-state index contributed by atoms with van der Waals surface area (Å²) in [7, 11) is 0. The first kappa shape index (κ1) is 20.6. The largest absolute Gasteiger partial charge is 0.487 e. The number of carbonyl (C=O) groups is 1. The topological polar surface area (TPSA) is 69.0 Å². The van der Waals surface area contributed by atoms with Crippen LogP contribution in [-0.4, -0.2) is 20.7 Å². The molecule has 7 heteroatoms. The zero-order valence-corrected chi connectivity index (χ0v) is 17.9. The molecule has 6 nitrogen and oxygen atoms in total. The number of aromatic nitrogens is 3. The highest BCUT2D eigenvalue weighted by Gasteiger charge is 2.05. The van der Waals surface area contributed by atoms with Gasteiger partial charge in [0.2, 0.25) is 5.91 Å². The number of amides is 1. The number of para-hydroxylation sites is 1. The van der Waals surface area contributed by atoms with Gasteiger partial charge >= 0.3 is 0 Å². The lowest BCUT2D eigenvalue weighted by molar-refractivity contribution is -0.111. The van der Waals surface area contributed by atoms with Crippen molar-refractivity contribution < 1.29 is 9.53 Å². The van der Waals surface area contributed by atoms with E-state index in [1.807, 2.05) is 77.8 Å². The normalized spacial score (nSPS) is 11.0. The Morgan fingerprint density at radius 3 is 2.74 bits per heavy atom. The summed E-state index contributed by atoms with van der Waals surface area (Å²) in [6.45, 7) is 3.06. The summed E-state index contributed by atoms with van der Waals surface area (Å²) < 4.78 is 7.75. The molecule has 0 unspecified atom stereocenters. The van der Waals surface area contributed by atoms with Crippen molar-refractivity contribution in [3.05, 3.63) is 100 Å². The third-order valence-electron chi connectivity index (χ3n) is 4.50. The van der Waals surface area contributed by atoms with Crippen LogP contribution in [-0.2, 0) is 17.9 Å². The minimum Gasteiger partial charge on any atom is -0.487 e. The molecule has 2 aromatic heterocycles. The van der Waals surface area contributed by atoms with Crippen LogP contribution in [0.4, 0.5) is 5.69 Å². The molecule has 4 aromatic rings. The molecule has 31 heavy (non-hydrogen) atoms. The fraction of sp³-hybridized carbons (Fsp3) is 0.125. The predicted octanol–water partition coefficient (Wildman–Crippen LogP) is 4.93.